The van der Waals surface area contributed by atoms with E-state index >= 15 is 0 Å². The van der Waals surface area contributed by atoms with Gasteiger partial charge in [-0.2, -0.15) is 5.26 Å². The highest BCUT2D eigenvalue weighted by Crippen LogP contribution is 2.44. The summed E-state index contributed by atoms with van der Waals surface area (Å²) in [5.41, 5.74) is 4.78. The lowest BCUT2D eigenvalue weighted by Gasteiger charge is -2.16. The first-order valence-corrected chi connectivity index (χ1v) is 12.4. The van der Waals surface area contributed by atoms with Gasteiger partial charge in [0.1, 0.15) is 17.5 Å². The third-order valence-electron chi connectivity index (χ3n) is 6.45. The van der Waals surface area contributed by atoms with Crippen LogP contribution in [-0.4, -0.2) is 26.9 Å². The Hall–Kier alpha value is -5.09. The molecule has 188 valence electrons. The molecule has 0 N–H and O–H groups in total. The van der Waals surface area contributed by atoms with Crippen molar-refractivity contribution in [2.75, 3.05) is 6.61 Å². The molecule has 0 aliphatic heterocycles. The van der Waals surface area contributed by atoms with E-state index in [1.54, 1.807) is 11.6 Å². The number of benzene rings is 3. The topological polar surface area (TPSA) is 77.2 Å². The van der Waals surface area contributed by atoms with Crippen LogP contribution in [0.4, 0.5) is 5.82 Å². The zero-order valence-electron chi connectivity index (χ0n) is 21.5. The Balaban J connectivity index is 1.96. The zero-order valence-corrected chi connectivity index (χ0v) is 21.5. The van der Waals surface area contributed by atoms with Gasteiger partial charge in [0.15, 0.2) is 12.2 Å². The van der Waals surface area contributed by atoms with Crippen LogP contribution in [0.15, 0.2) is 101 Å². The van der Waals surface area contributed by atoms with E-state index in [0.717, 1.165) is 28.1 Å². The lowest BCUT2D eigenvalue weighted by molar-refractivity contribution is 0.344. The third kappa shape index (κ3) is 4.12. The maximum absolute atomic E-state index is 13.6. The number of hydrogen-bond acceptors (Lipinski definition) is 4. The molecule has 0 aliphatic carbocycles. The summed E-state index contributed by atoms with van der Waals surface area (Å²) < 4.78 is 10.8. The Morgan fingerprint density at radius 3 is 2.08 bits per heavy atom. The average Bonchev–Trinajstić information content (AvgIpc) is 3.39. The number of para-hydroxylation sites is 1. The van der Waals surface area contributed by atoms with Gasteiger partial charge in [-0.25, -0.2) is 9.67 Å². The smallest absolute Gasteiger partial charge is 0.276 e. The van der Waals surface area contributed by atoms with Crippen molar-refractivity contribution in [2.24, 2.45) is 12.0 Å². The minimum Gasteiger partial charge on any atom is -0.483 e. The van der Waals surface area contributed by atoms with Gasteiger partial charge in [-0.15, -0.1) is 0 Å². The molecule has 7 heteroatoms. The average molecular weight is 502 g/mol. The van der Waals surface area contributed by atoms with Crippen LogP contribution in [0.25, 0.3) is 33.9 Å². The van der Waals surface area contributed by atoms with E-state index in [2.05, 4.69) is 11.1 Å². The zero-order chi connectivity index (χ0) is 26.6. The van der Waals surface area contributed by atoms with Crippen molar-refractivity contribution >= 4 is 12.2 Å². The second-order valence-corrected chi connectivity index (χ2v) is 8.72. The predicted octanol–water partition coefficient (Wildman–Crippen LogP) is 6.18. The van der Waals surface area contributed by atoms with Crippen LogP contribution in [0.5, 0.6) is 0 Å². The SMILES string of the molecule is CCOC=Nc1c(C#N)c(-c2ccccc2)c(-c2ccccc2)n1-c1c(C)c(=O)n(-c2ccccc2)n1C. The number of aliphatic imine (C=N–C) groups is 1. The van der Waals surface area contributed by atoms with Crippen molar-refractivity contribution in [3.8, 4) is 40.0 Å². The van der Waals surface area contributed by atoms with Gasteiger partial charge in [0.2, 0.25) is 0 Å². The fourth-order valence-corrected chi connectivity index (χ4v) is 4.81. The second-order valence-electron chi connectivity index (χ2n) is 8.72. The molecule has 0 aliphatic rings. The quantitative estimate of drug-likeness (QED) is 0.197. The van der Waals surface area contributed by atoms with Crippen molar-refractivity contribution in [2.45, 2.75) is 13.8 Å². The molecule has 0 saturated carbocycles. The molecule has 0 radical (unpaired) electrons. The van der Waals surface area contributed by atoms with Crippen molar-refractivity contribution in [3.05, 3.63) is 112 Å². The normalized spacial score (nSPS) is 11.1. The number of hydrogen-bond donors (Lipinski definition) is 0. The van der Waals surface area contributed by atoms with Gasteiger partial charge in [-0.05, 0) is 37.1 Å². The summed E-state index contributed by atoms with van der Waals surface area (Å²) >= 11 is 0. The summed E-state index contributed by atoms with van der Waals surface area (Å²) in [6.07, 6.45) is 1.36. The fourth-order valence-electron chi connectivity index (χ4n) is 4.81. The first-order chi connectivity index (χ1) is 18.6. The lowest BCUT2D eigenvalue weighted by Crippen LogP contribution is -2.20. The Labute approximate surface area is 221 Å². The van der Waals surface area contributed by atoms with Crippen LogP contribution in [0, 0.1) is 18.3 Å². The molecule has 2 heterocycles. The van der Waals surface area contributed by atoms with E-state index in [0.29, 0.717) is 29.4 Å². The Bertz CT molecular complexity index is 1700. The van der Waals surface area contributed by atoms with Crippen LogP contribution in [0.2, 0.25) is 0 Å². The molecule has 0 saturated heterocycles. The number of nitriles is 1. The first-order valence-electron chi connectivity index (χ1n) is 12.4. The molecule has 38 heavy (non-hydrogen) atoms. The molecule has 3 aromatic carbocycles. The van der Waals surface area contributed by atoms with E-state index < -0.39 is 0 Å². The Kier molecular flexibility index (Phi) is 6.79. The van der Waals surface area contributed by atoms with Crippen LogP contribution < -0.4 is 5.56 Å². The molecule has 0 unspecified atom stereocenters. The van der Waals surface area contributed by atoms with Gasteiger partial charge in [-0.1, -0.05) is 78.9 Å². The van der Waals surface area contributed by atoms with E-state index in [1.165, 1.54) is 6.40 Å². The van der Waals surface area contributed by atoms with E-state index in [1.807, 2.05) is 114 Å². The van der Waals surface area contributed by atoms with E-state index in [4.69, 9.17) is 4.74 Å². The van der Waals surface area contributed by atoms with E-state index in [9.17, 15) is 10.1 Å². The molecule has 2 aromatic heterocycles. The minimum atomic E-state index is -0.152. The van der Waals surface area contributed by atoms with Crippen molar-refractivity contribution in [1.82, 2.24) is 13.9 Å². The van der Waals surface area contributed by atoms with E-state index in [-0.39, 0.29) is 5.56 Å². The predicted molar refractivity (Wildman–Crippen MR) is 150 cm³/mol. The molecule has 5 rings (SSSR count). The van der Waals surface area contributed by atoms with Crippen LogP contribution in [0.1, 0.15) is 18.1 Å². The summed E-state index contributed by atoms with van der Waals surface area (Å²) in [6.45, 7) is 4.11. The molecule has 5 aromatic rings. The molecule has 7 nitrogen and oxygen atoms in total. The summed E-state index contributed by atoms with van der Waals surface area (Å²) in [5, 5.41) is 10.5. The number of ether oxygens (including phenoxy) is 1. The highest BCUT2D eigenvalue weighted by atomic mass is 16.5. The van der Waals surface area contributed by atoms with Crippen LogP contribution in [-0.2, 0) is 11.8 Å². The largest absolute Gasteiger partial charge is 0.483 e. The summed E-state index contributed by atoms with van der Waals surface area (Å²) in [6, 6.07) is 31.5. The molecule has 0 spiro atoms. The van der Waals surface area contributed by atoms with Crippen molar-refractivity contribution < 1.29 is 4.74 Å². The maximum Gasteiger partial charge on any atom is 0.276 e. The van der Waals surface area contributed by atoms with Gasteiger partial charge in [0, 0.05) is 12.6 Å². The number of aromatic nitrogens is 3. The summed E-state index contributed by atoms with van der Waals surface area (Å²) in [4.78, 5) is 18.3. The molecule has 0 atom stereocenters. The Morgan fingerprint density at radius 2 is 1.50 bits per heavy atom. The number of rotatable bonds is 7. The maximum atomic E-state index is 13.6. The van der Waals surface area contributed by atoms with Gasteiger partial charge in [0.25, 0.3) is 5.56 Å². The monoisotopic (exact) mass is 501 g/mol. The second kappa shape index (κ2) is 10.5. The summed E-state index contributed by atoms with van der Waals surface area (Å²) in [5.74, 6) is 1.00. The van der Waals surface area contributed by atoms with Crippen molar-refractivity contribution in [3.63, 3.8) is 0 Å². The fraction of sp³-hybridized carbons (Fsp3) is 0.129. The van der Waals surface area contributed by atoms with Crippen LogP contribution in [0.3, 0.4) is 0 Å². The molecular weight excluding hydrogens is 474 g/mol. The Morgan fingerprint density at radius 1 is 0.921 bits per heavy atom. The molecule has 0 bridgehead atoms. The molecule has 0 fully saturated rings. The summed E-state index contributed by atoms with van der Waals surface area (Å²) in [7, 11) is 1.84. The first kappa shape index (κ1) is 24.6. The third-order valence-corrected chi connectivity index (χ3v) is 6.45. The highest BCUT2D eigenvalue weighted by molar-refractivity contribution is 5.92. The van der Waals surface area contributed by atoms with Gasteiger partial charge in [0.05, 0.1) is 23.6 Å². The molecular formula is C31H27N5O2. The van der Waals surface area contributed by atoms with Crippen molar-refractivity contribution in [1.29, 1.82) is 5.26 Å². The number of nitrogens with zero attached hydrogens (tertiary/aromatic N) is 5. The van der Waals surface area contributed by atoms with Gasteiger partial charge >= 0.3 is 0 Å². The highest BCUT2D eigenvalue weighted by Gasteiger charge is 2.29. The minimum absolute atomic E-state index is 0.152. The van der Waals surface area contributed by atoms with Gasteiger partial charge in [-0.3, -0.25) is 14.0 Å². The van der Waals surface area contributed by atoms with Gasteiger partial charge < -0.3 is 4.74 Å². The molecule has 0 amide bonds. The lowest BCUT2D eigenvalue weighted by atomic mass is 9.98. The van der Waals surface area contributed by atoms with Crippen LogP contribution >= 0.6 is 0 Å². The standard InChI is InChI=1S/C31H27N5O2/c1-4-38-21-33-29-26(20-32)27(23-14-8-5-9-15-23)28(24-16-10-6-11-17-24)35(29)30-22(2)31(37)36(34(30)3)25-18-12-7-13-19-25/h5-19,21H,4H2,1-3H3.